The van der Waals surface area contributed by atoms with E-state index in [0.717, 1.165) is 25.7 Å². The molecule has 2 fully saturated rings. The number of hydrogen-bond acceptors (Lipinski definition) is 4. The summed E-state index contributed by atoms with van der Waals surface area (Å²) in [6.45, 7) is 0.950. The van der Waals surface area contributed by atoms with E-state index >= 15 is 0 Å². The van der Waals surface area contributed by atoms with E-state index in [-0.39, 0.29) is 24.2 Å². The maximum absolute atomic E-state index is 12.1. The van der Waals surface area contributed by atoms with Crippen molar-refractivity contribution < 1.29 is 13.2 Å². The number of likely N-dealkylation sites (tertiary alicyclic amines) is 1. The minimum Gasteiger partial charge on any atom is -0.340 e. The summed E-state index contributed by atoms with van der Waals surface area (Å²) in [7, 11) is -1.84. The summed E-state index contributed by atoms with van der Waals surface area (Å²) >= 11 is 0. The van der Waals surface area contributed by atoms with Gasteiger partial charge in [-0.15, -0.1) is 0 Å². The van der Waals surface area contributed by atoms with Crippen LogP contribution < -0.4 is 10.0 Å². The molecule has 0 radical (unpaired) electrons. The fourth-order valence-electron chi connectivity index (χ4n) is 2.18. The van der Waals surface area contributed by atoms with E-state index in [1.165, 1.54) is 7.05 Å². The lowest BCUT2D eigenvalue weighted by Crippen LogP contribution is -2.52. The van der Waals surface area contributed by atoms with Crippen LogP contribution in [0.2, 0.25) is 0 Å². The number of piperidine rings is 1. The lowest BCUT2D eigenvalue weighted by Gasteiger charge is -2.32. The second kappa shape index (κ2) is 5.54. The Kier molecular flexibility index (Phi) is 4.24. The Morgan fingerprint density at radius 1 is 1.33 bits per heavy atom. The summed E-state index contributed by atoms with van der Waals surface area (Å²) in [6, 6.07) is 0.392. The first-order chi connectivity index (χ1) is 8.52. The number of rotatable bonds is 6. The molecule has 1 unspecified atom stereocenters. The largest absolute Gasteiger partial charge is 0.340 e. The summed E-state index contributed by atoms with van der Waals surface area (Å²) in [5.74, 6) is 0.0326. The molecule has 6 nitrogen and oxygen atoms in total. The van der Waals surface area contributed by atoms with Crippen LogP contribution in [0.5, 0.6) is 0 Å². The number of hydrogen-bond donors (Lipinski definition) is 2. The molecule has 2 aliphatic rings. The molecule has 1 atom stereocenters. The normalized spacial score (nSPS) is 25.5. The highest BCUT2D eigenvalue weighted by molar-refractivity contribution is 7.89. The van der Waals surface area contributed by atoms with Crippen LogP contribution in [0.3, 0.4) is 0 Å². The maximum atomic E-state index is 12.1. The molecule has 2 N–H and O–H groups in total. The highest BCUT2D eigenvalue weighted by Gasteiger charge is 2.33. The summed E-state index contributed by atoms with van der Waals surface area (Å²) in [5, 5.41) is 3.33. The van der Waals surface area contributed by atoms with Crippen LogP contribution in [0.4, 0.5) is 0 Å². The highest BCUT2D eigenvalue weighted by Crippen LogP contribution is 2.22. The maximum Gasteiger partial charge on any atom is 0.239 e. The molecule has 0 bridgehead atoms. The Labute approximate surface area is 108 Å². The predicted octanol–water partition coefficient (Wildman–Crippen LogP) is -0.721. The van der Waals surface area contributed by atoms with Gasteiger partial charge in [0.2, 0.25) is 15.9 Å². The van der Waals surface area contributed by atoms with Gasteiger partial charge in [0, 0.05) is 19.1 Å². The predicted molar refractivity (Wildman–Crippen MR) is 68.6 cm³/mol. The van der Waals surface area contributed by atoms with Gasteiger partial charge in [0.05, 0.1) is 11.8 Å². The second-order valence-electron chi connectivity index (χ2n) is 4.98. The van der Waals surface area contributed by atoms with Crippen molar-refractivity contribution in [2.45, 2.75) is 37.8 Å². The van der Waals surface area contributed by atoms with Crippen molar-refractivity contribution >= 4 is 15.9 Å². The number of carbonyl (C=O) groups excluding carboxylic acids is 1. The lowest BCUT2D eigenvalue weighted by molar-refractivity contribution is -0.135. The number of nitrogens with zero attached hydrogens (tertiary/aromatic N) is 1. The molecule has 1 heterocycles. The Morgan fingerprint density at radius 3 is 2.67 bits per heavy atom. The van der Waals surface area contributed by atoms with Crippen LogP contribution in [0, 0.1) is 0 Å². The van der Waals surface area contributed by atoms with E-state index in [0.29, 0.717) is 12.6 Å². The van der Waals surface area contributed by atoms with Gasteiger partial charge >= 0.3 is 0 Å². The van der Waals surface area contributed by atoms with Crippen molar-refractivity contribution in [1.82, 2.24) is 14.9 Å². The SMILES string of the molecule is CNS(=O)(=O)CCN1CCCC(NC2CC2)C1=O. The summed E-state index contributed by atoms with van der Waals surface area (Å²) in [5.41, 5.74) is 0. The monoisotopic (exact) mass is 275 g/mol. The first kappa shape index (κ1) is 13.8. The van der Waals surface area contributed by atoms with E-state index in [4.69, 9.17) is 0 Å². The van der Waals surface area contributed by atoms with Crippen molar-refractivity contribution in [3.05, 3.63) is 0 Å². The number of amides is 1. The first-order valence-electron chi connectivity index (χ1n) is 6.48. The molecule has 1 saturated carbocycles. The van der Waals surface area contributed by atoms with Crippen LogP contribution in [-0.2, 0) is 14.8 Å². The van der Waals surface area contributed by atoms with Gasteiger partial charge in [-0.3, -0.25) is 4.79 Å². The zero-order chi connectivity index (χ0) is 13.2. The number of sulfonamides is 1. The average molecular weight is 275 g/mol. The third-order valence-electron chi connectivity index (χ3n) is 3.49. The molecule has 2 rings (SSSR count). The fourth-order valence-corrected chi connectivity index (χ4v) is 2.85. The molecule has 1 amide bonds. The summed E-state index contributed by atoms with van der Waals surface area (Å²) in [6.07, 6.45) is 4.11. The number of nitrogens with one attached hydrogen (secondary N) is 2. The number of carbonyl (C=O) groups is 1. The standard InChI is InChI=1S/C11H21N3O3S/c1-12-18(16,17)8-7-14-6-2-3-10(11(14)15)13-9-4-5-9/h9-10,12-13H,2-8H2,1H3. The Hall–Kier alpha value is -0.660. The Bertz CT molecular complexity index is 406. The molecule has 0 aromatic rings. The minimum atomic E-state index is -3.23. The van der Waals surface area contributed by atoms with Crippen LogP contribution in [0.15, 0.2) is 0 Å². The van der Waals surface area contributed by atoms with E-state index in [1.807, 2.05) is 0 Å². The van der Waals surface area contributed by atoms with Crippen molar-refractivity contribution in [2.24, 2.45) is 0 Å². The van der Waals surface area contributed by atoms with E-state index in [1.54, 1.807) is 4.90 Å². The smallest absolute Gasteiger partial charge is 0.239 e. The third kappa shape index (κ3) is 3.66. The molecule has 18 heavy (non-hydrogen) atoms. The minimum absolute atomic E-state index is 0.0224. The molecule has 0 aromatic heterocycles. The lowest BCUT2D eigenvalue weighted by atomic mass is 10.0. The fraction of sp³-hybridized carbons (Fsp3) is 0.909. The molecule has 1 saturated heterocycles. The molecule has 104 valence electrons. The Morgan fingerprint density at radius 2 is 2.06 bits per heavy atom. The van der Waals surface area contributed by atoms with Crippen molar-refractivity contribution in [2.75, 3.05) is 25.9 Å². The van der Waals surface area contributed by atoms with Crippen LogP contribution in [0.25, 0.3) is 0 Å². The van der Waals surface area contributed by atoms with E-state index < -0.39 is 10.0 Å². The van der Waals surface area contributed by atoms with Crippen molar-refractivity contribution in [3.63, 3.8) is 0 Å². The van der Waals surface area contributed by atoms with E-state index in [9.17, 15) is 13.2 Å². The van der Waals surface area contributed by atoms with Gasteiger partial charge in [-0.1, -0.05) is 0 Å². The zero-order valence-corrected chi connectivity index (χ0v) is 11.5. The van der Waals surface area contributed by atoms with Gasteiger partial charge in [0.25, 0.3) is 0 Å². The van der Waals surface area contributed by atoms with Crippen LogP contribution >= 0.6 is 0 Å². The molecular formula is C11H21N3O3S. The average Bonchev–Trinajstić information content (AvgIpc) is 3.14. The summed E-state index contributed by atoms with van der Waals surface area (Å²) in [4.78, 5) is 13.8. The third-order valence-corrected chi connectivity index (χ3v) is 4.83. The van der Waals surface area contributed by atoms with Crippen molar-refractivity contribution in [1.29, 1.82) is 0 Å². The van der Waals surface area contributed by atoms with E-state index in [2.05, 4.69) is 10.0 Å². The van der Waals surface area contributed by atoms with Gasteiger partial charge in [-0.05, 0) is 32.7 Å². The zero-order valence-electron chi connectivity index (χ0n) is 10.7. The molecule has 7 heteroatoms. The summed E-state index contributed by atoms with van der Waals surface area (Å²) < 4.78 is 25.0. The molecule has 1 aliphatic carbocycles. The van der Waals surface area contributed by atoms with Gasteiger partial charge in [-0.2, -0.15) is 0 Å². The second-order valence-corrected chi connectivity index (χ2v) is 7.03. The topological polar surface area (TPSA) is 78.5 Å². The highest BCUT2D eigenvalue weighted by atomic mass is 32.2. The van der Waals surface area contributed by atoms with Crippen molar-refractivity contribution in [3.8, 4) is 0 Å². The quantitative estimate of drug-likeness (QED) is 0.670. The Balaban J connectivity index is 1.85. The van der Waals surface area contributed by atoms with Crippen LogP contribution in [0.1, 0.15) is 25.7 Å². The molecule has 1 aliphatic heterocycles. The van der Waals surface area contributed by atoms with Gasteiger partial charge in [-0.25, -0.2) is 13.1 Å². The molecule has 0 spiro atoms. The molecule has 0 aromatic carbocycles. The van der Waals surface area contributed by atoms with Gasteiger partial charge in [0.15, 0.2) is 0 Å². The van der Waals surface area contributed by atoms with Gasteiger partial charge in [0.1, 0.15) is 0 Å². The first-order valence-corrected chi connectivity index (χ1v) is 8.13. The molecular weight excluding hydrogens is 254 g/mol. The van der Waals surface area contributed by atoms with Crippen LogP contribution in [-0.4, -0.2) is 57.2 Å². The van der Waals surface area contributed by atoms with Gasteiger partial charge < -0.3 is 10.2 Å².